The number of hydrogen-bond acceptors (Lipinski definition) is 11. The molecule has 0 spiro atoms. The lowest BCUT2D eigenvalue weighted by Crippen LogP contribution is -2.53. The Morgan fingerprint density at radius 3 is 2.17 bits per heavy atom. The maximum Gasteiger partial charge on any atom is 0.255 e. The van der Waals surface area contributed by atoms with Gasteiger partial charge in [-0.25, -0.2) is 0 Å². The van der Waals surface area contributed by atoms with Gasteiger partial charge >= 0.3 is 0 Å². The van der Waals surface area contributed by atoms with Crippen LogP contribution in [0.4, 0.5) is 29.2 Å². The van der Waals surface area contributed by atoms with Gasteiger partial charge in [-0.05, 0) is 55.7 Å². The second-order valence-corrected chi connectivity index (χ2v) is 10.8. The zero-order valence-corrected chi connectivity index (χ0v) is 23.1. The second-order valence-electron chi connectivity index (χ2n) is 10.4. The van der Waals surface area contributed by atoms with E-state index < -0.39 is 0 Å². The standard InChI is InChI=1S/C27H33ClN10O3/c28-17-3-1-16(2-4-17)24(41)33-21-6-5-20(12-22(21)39)32-25-34-26(37-9-7-15(8-10-37)23(31)40)36-27(35-25)38-13-18(29)11-19(30)14-38/h1-6,12,15,18-19,39H,7-11,13-14,29-30H2,(H2,31,40)(H,33,41)(H,32,34,35,36)/t18-,19+. The first-order valence-electron chi connectivity index (χ1n) is 13.4. The number of carbonyl (C=O) groups is 2. The van der Waals surface area contributed by atoms with Crippen LogP contribution in [-0.2, 0) is 4.79 Å². The van der Waals surface area contributed by atoms with Crippen LogP contribution in [0.3, 0.4) is 0 Å². The van der Waals surface area contributed by atoms with Crippen LogP contribution >= 0.6 is 11.6 Å². The lowest BCUT2D eigenvalue weighted by atomic mass is 9.96. The van der Waals surface area contributed by atoms with Crippen molar-refractivity contribution in [3.8, 4) is 5.75 Å². The molecule has 41 heavy (non-hydrogen) atoms. The number of piperidine rings is 2. The zero-order chi connectivity index (χ0) is 29.1. The van der Waals surface area contributed by atoms with E-state index >= 15 is 0 Å². The number of phenolic OH excluding ortho intramolecular Hbond substituents is 1. The van der Waals surface area contributed by atoms with Crippen molar-refractivity contribution in [1.29, 1.82) is 0 Å². The topological polar surface area (TPSA) is 202 Å². The molecule has 0 bridgehead atoms. The van der Waals surface area contributed by atoms with Crippen LogP contribution in [0.15, 0.2) is 42.5 Å². The summed E-state index contributed by atoms with van der Waals surface area (Å²) in [5.74, 6) is 0.125. The van der Waals surface area contributed by atoms with Crippen LogP contribution < -0.4 is 37.6 Å². The van der Waals surface area contributed by atoms with Gasteiger partial charge in [0.15, 0.2) is 0 Å². The number of nitrogens with one attached hydrogen (secondary N) is 2. The number of nitrogens with two attached hydrogens (primary N) is 3. The summed E-state index contributed by atoms with van der Waals surface area (Å²) in [5.41, 5.74) is 19.1. The van der Waals surface area contributed by atoms with Gasteiger partial charge in [0.2, 0.25) is 23.8 Å². The molecule has 2 saturated heterocycles. The molecule has 3 heterocycles. The van der Waals surface area contributed by atoms with Crippen molar-refractivity contribution in [2.45, 2.75) is 31.3 Å². The lowest BCUT2D eigenvalue weighted by Gasteiger charge is -2.35. The van der Waals surface area contributed by atoms with Crippen LogP contribution in [0, 0.1) is 5.92 Å². The Balaban J connectivity index is 1.37. The summed E-state index contributed by atoms with van der Waals surface area (Å²) < 4.78 is 0. The van der Waals surface area contributed by atoms with Crippen LogP contribution in [0.5, 0.6) is 5.75 Å². The highest BCUT2D eigenvalue weighted by Crippen LogP contribution is 2.30. The molecule has 14 heteroatoms. The van der Waals surface area contributed by atoms with Crippen molar-refractivity contribution in [2.75, 3.05) is 46.6 Å². The fourth-order valence-corrected chi connectivity index (χ4v) is 5.16. The fraction of sp³-hybridized carbons (Fsp3) is 0.370. The van der Waals surface area contributed by atoms with Crippen molar-refractivity contribution >= 4 is 52.6 Å². The van der Waals surface area contributed by atoms with Gasteiger partial charge in [0.25, 0.3) is 5.91 Å². The molecule has 2 aromatic carbocycles. The van der Waals surface area contributed by atoms with Crippen molar-refractivity contribution in [2.24, 2.45) is 23.1 Å². The van der Waals surface area contributed by atoms with Gasteiger partial charge in [0, 0.05) is 66.5 Å². The van der Waals surface area contributed by atoms with E-state index in [1.807, 2.05) is 9.80 Å². The molecule has 2 aliphatic rings. The van der Waals surface area contributed by atoms with Crippen LogP contribution in [0.1, 0.15) is 29.6 Å². The fourth-order valence-electron chi connectivity index (χ4n) is 5.04. The molecule has 0 unspecified atom stereocenters. The van der Waals surface area contributed by atoms with Crippen molar-refractivity contribution < 1.29 is 14.7 Å². The van der Waals surface area contributed by atoms with E-state index in [0.29, 0.717) is 73.6 Å². The average Bonchev–Trinajstić information content (AvgIpc) is 2.94. The number of hydrogen-bond donors (Lipinski definition) is 6. The zero-order valence-electron chi connectivity index (χ0n) is 22.3. The Morgan fingerprint density at radius 2 is 1.56 bits per heavy atom. The van der Waals surface area contributed by atoms with E-state index in [1.165, 1.54) is 6.07 Å². The van der Waals surface area contributed by atoms with Gasteiger partial charge in [-0.1, -0.05) is 11.6 Å². The van der Waals surface area contributed by atoms with Gasteiger partial charge in [-0.2, -0.15) is 15.0 Å². The van der Waals surface area contributed by atoms with Gasteiger partial charge < -0.3 is 42.7 Å². The molecular formula is C27H33ClN10O3. The van der Waals surface area contributed by atoms with Gasteiger partial charge in [0.1, 0.15) is 5.75 Å². The Morgan fingerprint density at radius 1 is 0.927 bits per heavy atom. The molecule has 216 valence electrons. The number of aromatic nitrogens is 3. The number of halogens is 1. The van der Waals surface area contributed by atoms with E-state index in [-0.39, 0.29) is 47.2 Å². The van der Waals surface area contributed by atoms with Crippen LogP contribution in [-0.4, -0.2) is 70.1 Å². The minimum atomic E-state index is -0.387. The number of carbonyl (C=O) groups excluding carboxylic acids is 2. The molecular weight excluding hydrogens is 548 g/mol. The summed E-state index contributed by atoms with van der Waals surface area (Å²) in [6.07, 6.45) is 1.92. The number of benzene rings is 2. The number of nitrogens with zero attached hydrogens (tertiary/aromatic N) is 5. The molecule has 3 aromatic rings. The highest BCUT2D eigenvalue weighted by molar-refractivity contribution is 6.30. The SMILES string of the molecule is NC(=O)C1CCN(c2nc(Nc3ccc(NC(=O)c4ccc(Cl)cc4)c(O)c3)nc(N3C[C@H](N)C[C@H](N)C3)n2)CC1. The molecule has 0 radical (unpaired) electrons. The number of phenols is 1. The summed E-state index contributed by atoms with van der Waals surface area (Å²) in [6, 6.07) is 10.9. The Bertz CT molecular complexity index is 1400. The highest BCUT2D eigenvalue weighted by Gasteiger charge is 2.28. The largest absolute Gasteiger partial charge is 0.506 e. The normalized spacial score (nSPS) is 19.6. The third kappa shape index (κ3) is 6.93. The van der Waals surface area contributed by atoms with Gasteiger partial charge in [-0.15, -0.1) is 0 Å². The molecule has 13 nitrogen and oxygen atoms in total. The first-order chi connectivity index (χ1) is 19.6. The van der Waals surface area contributed by atoms with E-state index in [4.69, 9.17) is 33.8 Å². The number of anilines is 5. The summed E-state index contributed by atoms with van der Waals surface area (Å²) in [5, 5.41) is 17.0. The smallest absolute Gasteiger partial charge is 0.255 e. The Labute approximate surface area is 242 Å². The van der Waals surface area contributed by atoms with Gasteiger partial charge in [-0.3, -0.25) is 9.59 Å². The predicted molar refractivity (Wildman–Crippen MR) is 158 cm³/mol. The monoisotopic (exact) mass is 580 g/mol. The van der Waals surface area contributed by atoms with Crippen LogP contribution in [0.2, 0.25) is 5.02 Å². The maximum absolute atomic E-state index is 12.6. The van der Waals surface area contributed by atoms with Crippen LogP contribution in [0.25, 0.3) is 0 Å². The van der Waals surface area contributed by atoms with E-state index in [9.17, 15) is 14.7 Å². The molecule has 2 aliphatic heterocycles. The molecule has 5 rings (SSSR count). The van der Waals surface area contributed by atoms with Crippen molar-refractivity contribution in [3.63, 3.8) is 0 Å². The summed E-state index contributed by atoms with van der Waals surface area (Å²) in [7, 11) is 0. The summed E-state index contributed by atoms with van der Waals surface area (Å²) in [6.45, 7) is 2.23. The number of amides is 2. The average molecular weight is 581 g/mol. The number of aromatic hydroxyl groups is 1. The summed E-state index contributed by atoms with van der Waals surface area (Å²) in [4.78, 5) is 42.1. The minimum Gasteiger partial charge on any atom is -0.506 e. The summed E-state index contributed by atoms with van der Waals surface area (Å²) >= 11 is 5.90. The molecule has 2 amide bonds. The predicted octanol–water partition coefficient (Wildman–Crippen LogP) is 1.79. The minimum absolute atomic E-state index is 0.116. The van der Waals surface area contributed by atoms with E-state index in [0.717, 1.165) is 0 Å². The first-order valence-corrected chi connectivity index (χ1v) is 13.8. The van der Waals surface area contributed by atoms with E-state index in [1.54, 1.807) is 36.4 Å². The molecule has 0 saturated carbocycles. The quantitative estimate of drug-likeness (QED) is 0.222. The molecule has 2 atom stereocenters. The molecule has 0 aliphatic carbocycles. The third-order valence-electron chi connectivity index (χ3n) is 7.20. The maximum atomic E-state index is 12.6. The van der Waals surface area contributed by atoms with Crippen molar-refractivity contribution in [1.82, 2.24) is 15.0 Å². The highest BCUT2D eigenvalue weighted by atomic mass is 35.5. The third-order valence-corrected chi connectivity index (χ3v) is 7.45. The van der Waals surface area contributed by atoms with Crippen molar-refractivity contribution in [3.05, 3.63) is 53.1 Å². The number of primary amides is 1. The van der Waals surface area contributed by atoms with E-state index in [2.05, 4.69) is 20.6 Å². The second kappa shape index (κ2) is 12.1. The Kier molecular flexibility index (Phi) is 8.38. The number of rotatable bonds is 7. The first kappa shape index (κ1) is 28.3. The Hall–Kier alpha value is -4.20. The molecule has 9 N–H and O–H groups in total. The lowest BCUT2D eigenvalue weighted by molar-refractivity contribution is -0.122. The molecule has 2 fully saturated rings. The molecule has 1 aromatic heterocycles. The van der Waals surface area contributed by atoms with Gasteiger partial charge in [0.05, 0.1) is 5.69 Å².